The third-order valence-corrected chi connectivity index (χ3v) is 1.82. The molecule has 94 valence electrons. The fourth-order valence-electron chi connectivity index (χ4n) is 1.04. The van der Waals surface area contributed by atoms with Crippen LogP contribution in [0.1, 0.15) is 53.4 Å². The van der Waals surface area contributed by atoms with Crippen molar-refractivity contribution in [2.45, 2.75) is 53.4 Å². The van der Waals surface area contributed by atoms with Crippen LogP contribution in [0.15, 0.2) is 36.6 Å². The molecular weight excluding hydrogens is 196 g/mol. The van der Waals surface area contributed by atoms with Gasteiger partial charge in [-0.05, 0) is 25.0 Å². The number of hydrogen-bond acceptors (Lipinski definition) is 1. The highest BCUT2D eigenvalue weighted by molar-refractivity contribution is 5.16. The molecule has 1 nitrogen and oxygen atoms in total. The summed E-state index contributed by atoms with van der Waals surface area (Å²) in [6.45, 7) is 12.8. The van der Waals surface area contributed by atoms with Gasteiger partial charge in [-0.1, -0.05) is 59.3 Å². The minimum Gasteiger partial charge on any atom is -0.494 e. The van der Waals surface area contributed by atoms with Crippen molar-refractivity contribution in [1.82, 2.24) is 0 Å². The second kappa shape index (κ2) is 16.4. The first-order valence-electron chi connectivity index (χ1n) is 6.47. The number of allylic oxidation sites excluding steroid dienone is 4. The Hall–Kier alpha value is -0.980. The second-order valence-electron chi connectivity index (χ2n) is 3.17. The van der Waals surface area contributed by atoms with Crippen LogP contribution in [0, 0.1) is 0 Å². The zero-order valence-corrected chi connectivity index (χ0v) is 11.5. The summed E-state index contributed by atoms with van der Waals surface area (Å²) < 4.78 is 5.59. The number of unbranched alkanes of at least 4 members (excludes halogenated alkanes) is 2. The van der Waals surface area contributed by atoms with Gasteiger partial charge in [-0.2, -0.15) is 0 Å². The van der Waals surface area contributed by atoms with Crippen molar-refractivity contribution in [3.8, 4) is 0 Å². The van der Waals surface area contributed by atoms with Gasteiger partial charge in [0.2, 0.25) is 0 Å². The van der Waals surface area contributed by atoms with Crippen LogP contribution >= 0.6 is 0 Å². The van der Waals surface area contributed by atoms with E-state index < -0.39 is 0 Å². The SMILES string of the molecule is C=C/C=C(\C=C/CC)OCCCCC.CC. The molecule has 0 fully saturated rings. The van der Waals surface area contributed by atoms with Crippen LogP contribution in [0.4, 0.5) is 0 Å². The second-order valence-corrected chi connectivity index (χ2v) is 3.17. The van der Waals surface area contributed by atoms with E-state index in [2.05, 4.69) is 26.5 Å². The molecule has 0 aromatic carbocycles. The fraction of sp³-hybridized carbons (Fsp3) is 0.600. The van der Waals surface area contributed by atoms with Crippen molar-refractivity contribution in [2.75, 3.05) is 6.61 Å². The summed E-state index contributed by atoms with van der Waals surface area (Å²) in [5.74, 6) is 0.915. The maximum absolute atomic E-state index is 5.59. The third-order valence-electron chi connectivity index (χ3n) is 1.82. The normalized spacial score (nSPS) is 10.9. The molecule has 0 aromatic heterocycles. The van der Waals surface area contributed by atoms with Gasteiger partial charge >= 0.3 is 0 Å². The Balaban J connectivity index is 0. The van der Waals surface area contributed by atoms with Crippen LogP contribution in [0.2, 0.25) is 0 Å². The first-order valence-corrected chi connectivity index (χ1v) is 6.47. The summed E-state index contributed by atoms with van der Waals surface area (Å²) in [5, 5.41) is 0. The first-order chi connectivity index (χ1) is 7.85. The molecule has 0 radical (unpaired) electrons. The average Bonchev–Trinajstić information content (AvgIpc) is 2.34. The molecule has 0 unspecified atom stereocenters. The highest BCUT2D eigenvalue weighted by Gasteiger charge is 1.91. The van der Waals surface area contributed by atoms with Crippen molar-refractivity contribution in [1.29, 1.82) is 0 Å². The Morgan fingerprint density at radius 3 is 2.38 bits per heavy atom. The Bertz CT molecular complexity index is 190. The van der Waals surface area contributed by atoms with Gasteiger partial charge in [0.05, 0.1) is 6.61 Å². The Labute approximate surface area is 102 Å². The van der Waals surface area contributed by atoms with E-state index in [4.69, 9.17) is 4.74 Å². The molecular formula is C15H28O. The monoisotopic (exact) mass is 224 g/mol. The quantitative estimate of drug-likeness (QED) is 0.310. The number of ether oxygens (including phenoxy) is 1. The van der Waals surface area contributed by atoms with Gasteiger partial charge in [0.1, 0.15) is 5.76 Å². The number of rotatable bonds is 8. The highest BCUT2D eigenvalue weighted by atomic mass is 16.5. The van der Waals surface area contributed by atoms with Crippen LogP contribution in [-0.2, 0) is 4.74 Å². The molecule has 0 aromatic rings. The molecule has 1 heteroatoms. The Morgan fingerprint density at radius 1 is 1.19 bits per heavy atom. The van der Waals surface area contributed by atoms with Crippen molar-refractivity contribution in [2.24, 2.45) is 0 Å². The van der Waals surface area contributed by atoms with Crippen molar-refractivity contribution >= 4 is 0 Å². The lowest BCUT2D eigenvalue weighted by atomic mass is 10.3. The molecule has 0 N–H and O–H groups in total. The van der Waals surface area contributed by atoms with E-state index in [1.807, 2.05) is 26.0 Å². The van der Waals surface area contributed by atoms with Crippen LogP contribution in [0.25, 0.3) is 0 Å². The third kappa shape index (κ3) is 13.0. The molecule has 0 saturated heterocycles. The van der Waals surface area contributed by atoms with Crippen LogP contribution in [-0.4, -0.2) is 6.61 Å². The molecule has 0 aliphatic heterocycles. The zero-order chi connectivity index (χ0) is 12.6. The average molecular weight is 224 g/mol. The summed E-state index contributed by atoms with van der Waals surface area (Å²) in [5.41, 5.74) is 0. The van der Waals surface area contributed by atoms with E-state index in [-0.39, 0.29) is 0 Å². The minimum absolute atomic E-state index is 0.807. The standard InChI is InChI=1S/C13H22O.C2H6/c1-4-7-9-12-14-13(10-6-3)11-8-5-2;1-2/h6,8,10-11H,3-5,7,9,12H2,1-2H3;1-2H3/b11-8-,13-10+;. The fourth-order valence-corrected chi connectivity index (χ4v) is 1.04. The predicted octanol–water partition coefficient (Wildman–Crippen LogP) is 5.26. The molecule has 0 heterocycles. The van der Waals surface area contributed by atoms with E-state index in [9.17, 15) is 0 Å². The largest absolute Gasteiger partial charge is 0.494 e. The van der Waals surface area contributed by atoms with Gasteiger partial charge in [0, 0.05) is 0 Å². The van der Waals surface area contributed by atoms with Gasteiger partial charge in [0.15, 0.2) is 0 Å². The maximum Gasteiger partial charge on any atom is 0.118 e. The molecule has 0 rings (SSSR count). The van der Waals surface area contributed by atoms with E-state index in [0.29, 0.717) is 0 Å². The highest BCUT2D eigenvalue weighted by Crippen LogP contribution is 2.04. The lowest BCUT2D eigenvalue weighted by Crippen LogP contribution is -1.92. The first kappa shape index (κ1) is 17.4. The Morgan fingerprint density at radius 2 is 1.88 bits per heavy atom. The summed E-state index contributed by atoms with van der Waals surface area (Å²) >= 11 is 0. The Kier molecular flexibility index (Phi) is 17.9. The van der Waals surface area contributed by atoms with Gasteiger partial charge < -0.3 is 4.74 Å². The predicted molar refractivity (Wildman–Crippen MR) is 74.5 cm³/mol. The molecule has 16 heavy (non-hydrogen) atoms. The molecule has 0 saturated carbocycles. The van der Waals surface area contributed by atoms with Crippen molar-refractivity contribution in [3.05, 3.63) is 36.6 Å². The smallest absolute Gasteiger partial charge is 0.118 e. The van der Waals surface area contributed by atoms with E-state index in [0.717, 1.165) is 25.2 Å². The molecule has 0 aliphatic carbocycles. The topological polar surface area (TPSA) is 9.23 Å². The van der Waals surface area contributed by atoms with Gasteiger partial charge in [-0.3, -0.25) is 0 Å². The van der Waals surface area contributed by atoms with Gasteiger partial charge in [-0.25, -0.2) is 0 Å². The van der Waals surface area contributed by atoms with Crippen LogP contribution in [0.5, 0.6) is 0 Å². The molecule has 0 aliphatic rings. The summed E-state index contributed by atoms with van der Waals surface area (Å²) in [4.78, 5) is 0. The zero-order valence-electron chi connectivity index (χ0n) is 11.5. The van der Waals surface area contributed by atoms with E-state index in [1.54, 1.807) is 6.08 Å². The van der Waals surface area contributed by atoms with E-state index in [1.165, 1.54) is 12.8 Å². The molecule has 0 amide bonds. The minimum atomic E-state index is 0.807. The molecule has 0 spiro atoms. The maximum atomic E-state index is 5.59. The molecule has 0 bridgehead atoms. The summed E-state index contributed by atoms with van der Waals surface area (Å²) in [6, 6.07) is 0. The van der Waals surface area contributed by atoms with Crippen LogP contribution in [0.3, 0.4) is 0 Å². The lowest BCUT2D eigenvalue weighted by Gasteiger charge is -2.05. The summed E-state index contributed by atoms with van der Waals surface area (Å²) in [7, 11) is 0. The van der Waals surface area contributed by atoms with Crippen LogP contribution < -0.4 is 0 Å². The van der Waals surface area contributed by atoms with Gasteiger partial charge in [-0.15, -0.1) is 0 Å². The van der Waals surface area contributed by atoms with Gasteiger partial charge in [0.25, 0.3) is 0 Å². The summed E-state index contributed by atoms with van der Waals surface area (Å²) in [6.07, 6.45) is 12.4. The van der Waals surface area contributed by atoms with Crippen molar-refractivity contribution in [3.63, 3.8) is 0 Å². The molecule has 0 atom stereocenters. The van der Waals surface area contributed by atoms with E-state index >= 15 is 0 Å². The lowest BCUT2D eigenvalue weighted by molar-refractivity contribution is 0.217. The number of hydrogen-bond donors (Lipinski definition) is 0. The van der Waals surface area contributed by atoms with Crippen molar-refractivity contribution < 1.29 is 4.74 Å².